The average Bonchev–Trinajstić information content (AvgIpc) is 3.56. The molecule has 4 heterocycles. The third-order valence-corrected chi connectivity index (χ3v) is 17.3. The van der Waals surface area contributed by atoms with E-state index in [1.807, 2.05) is 0 Å². The zero-order chi connectivity index (χ0) is 34.4. The van der Waals surface area contributed by atoms with Crippen LogP contribution in [-0.2, 0) is 4.74 Å². The minimum atomic E-state index is 0.516. The van der Waals surface area contributed by atoms with E-state index in [0.717, 1.165) is 65.5 Å². The van der Waals surface area contributed by atoms with Crippen molar-refractivity contribution < 1.29 is 4.74 Å². The number of para-hydroxylation sites is 1. The predicted octanol–water partition coefficient (Wildman–Crippen LogP) is 11.4. The Labute approximate surface area is 315 Å². The first-order chi connectivity index (χ1) is 26.3. The van der Waals surface area contributed by atoms with E-state index in [0.29, 0.717) is 18.1 Å². The molecular formula is C50H54N2O. The molecule has 3 saturated heterocycles. The van der Waals surface area contributed by atoms with Gasteiger partial charge in [0.05, 0.1) is 23.2 Å². The van der Waals surface area contributed by atoms with Crippen molar-refractivity contribution in [3.05, 3.63) is 103 Å². The van der Waals surface area contributed by atoms with E-state index in [9.17, 15) is 0 Å². The molecule has 0 spiro atoms. The molecule has 4 aromatic carbocycles. The predicted molar refractivity (Wildman–Crippen MR) is 214 cm³/mol. The van der Waals surface area contributed by atoms with Crippen LogP contribution in [0.2, 0.25) is 0 Å². The summed E-state index contributed by atoms with van der Waals surface area (Å²) in [6.07, 6.45) is 18.3. The van der Waals surface area contributed by atoms with Crippen molar-refractivity contribution in [3.63, 3.8) is 0 Å². The van der Waals surface area contributed by atoms with Crippen molar-refractivity contribution in [3.8, 4) is 16.8 Å². The van der Waals surface area contributed by atoms with Gasteiger partial charge in [-0.05, 0) is 152 Å². The number of piperidine rings is 2. The maximum atomic E-state index is 7.32. The Bertz CT molecular complexity index is 2170. The SMILES string of the molecule is c1ccc(-c2cccc(-n3c4ccccc4c4cc(C5CC6C7CCCC8CCC9OC%10CCC%11CCCC%12C(C5)C6N(C9C87)C%10C%11%12)ccc43)c2)cc1. The number of rotatable bonds is 3. The summed E-state index contributed by atoms with van der Waals surface area (Å²) in [6, 6.07) is 39.2. The second kappa shape index (κ2) is 11.6. The third kappa shape index (κ3) is 4.30. The van der Waals surface area contributed by atoms with Gasteiger partial charge in [-0.3, -0.25) is 4.90 Å². The second-order valence-electron chi connectivity index (χ2n) is 19.2. The molecule has 3 nitrogen and oxygen atoms in total. The Kier molecular flexibility index (Phi) is 6.73. The van der Waals surface area contributed by atoms with Crippen molar-refractivity contribution in [1.29, 1.82) is 0 Å². The van der Waals surface area contributed by atoms with Crippen LogP contribution in [0.3, 0.4) is 0 Å². The highest BCUT2D eigenvalue weighted by atomic mass is 16.5. The highest BCUT2D eigenvalue weighted by Crippen LogP contribution is 2.67. The Morgan fingerprint density at radius 2 is 1.15 bits per heavy atom. The highest BCUT2D eigenvalue weighted by molar-refractivity contribution is 6.09. The minimum Gasteiger partial charge on any atom is -0.372 e. The minimum absolute atomic E-state index is 0.516. The van der Waals surface area contributed by atoms with Gasteiger partial charge in [0.2, 0.25) is 0 Å². The monoisotopic (exact) mass is 698 g/mol. The van der Waals surface area contributed by atoms with Crippen LogP contribution in [-0.4, -0.2) is 39.8 Å². The van der Waals surface area contributed by atoms with Crippen molar-refractivity contribution in [2.75, 3.05) is 0 Å². The molecule has 8 aliphatic rings. The number of morpholine rings is 1. The molecule has 8 fully saturated rings. The Hall–Kier alpha value is -3.40. The van der Waals surface area contributed by atoms with Crippen LogP contribution in [0, 0.1) is 47.3 Å². The van der Waals surface area contributed by atoms with Crippen LogP contribution >= 0.6 is 0 Å². The van der Waals surface area contributed by atoms with Gasteiger partial charge in [0.1, 0.15) is 0 Å². The first-order valence-electron chi connectivity index (χ1n) is 21.9. The van der Waals surface area contributed by atoms with Crippen LogP contribution < -0.4 is 0 Å². The van der Waals surface area contributed by atoms with E-state index in [1.165, 1.54) is 116 Å². The summed E-state index contributed by atoms with van der Waals surface area (Å²) in [5.74, 6) is 7.88. The number of nitrogens with zero attached hydrogens (tertiary/aromatic N) is 2. The quantitative estimate of drug-likeness (QED) is 0.187. The van der Waals surface area contributed by atoms with Gasteiger partial charge in [-0.2, -0.15) is 0 Å². The number of ether oxygens (including phenoxy) is 1. The van der Waals surface area contributed by atoms with Gasteiger partial charge in [-0.1, -0.05) is 92.4 Å². The van der Waals surface area contributed by atoms with Crippen molar-refractivity contribution >= 4 is 21.8 Å². The maximum Gasteiger partial charge on any atom is 0.0738 e. The van der Waals surface area contributed by atoms with Gasteiger partial charge in [-0.15, -0.1) is 0 Å². The van der Waals surface area contributed by atoms with E-state index < -0.39 is 0 Å². The lowest BCUT2D eigenvalue weighted by Crippen LogP contribution is -2.80. The van der Waals surface area contributed by atoms with Crippen LogP contribution in [0.4, 0.5) is 0 Å². The summed E-state index contributed by atoms with van der Waals surface area (Å²) in [6.45, 7) is 0. The van der Waals surface area contributed by atoms with E-state index >= 15 is 0 Å². The lowest BCUT2D eigenvalue weighted by Gasteiger charge is -2.74. The normalized spacial score (nSPS) is 40.9. The van der Waals surface area contributed by atoms with Crippen molar-refractivity contribution in [1.82, 2.24) is 9.47 Å². The molecule has 5 saturated carbocycles. The maximum absolute atomic E-state index is 7.32. The Balaban J connectivity index is 0.932. The largest absolute Gasteiger partial charge is 0.372 e. The fourth-order valence-electron chi connectivity index (χ4n) is 15.8. The summed E-state index contributed by atoms with van der Waals surface area (Å²) in [5.41, 5.74) is 8.09. The fraction of sp³-hybridized carbons (Fsp3) is 0.520. The molecule has 12 atom stereocenters. The van der Waals surface area contributed by atoms with E-state index in [4.69, 9.17) is 4.74 Å². The molecule has 12 unspecified atom stereocenters. The van der Waals surface area contributed by atoms with Crippen molar-refractivity contribution in [2.24, 2.45) is 47.3 Å². The van der Waals surface area contributed by atoms with Gasteiger partial charge < -0.3 is 9.30 Å². The molecule has 5 aliphatic carbocycles. The number of hydrogen-bond acceptors (Lipinski definition) is 2. The molecule has 0 bridgehead atoms. The molecule has 13 rings (SSSR count). The summed E-state index contributed by atoms with van der Waals surface area (Å²) in [4.78, 5) is 3.35. The number of aromatic nitrogens is 1. The van der Waals surface area contributed by atoms with Gasteiger partial charge >= 0.3 is 0 Å². The molecular weight excluding hydrogens is 645 g/mol. The highest BCUT2D eigenvalue weighted by Gasteiger charge is 2.69. The number of fused-ring (bicyclic) bond motifs is 5. The third-order valence-electron chi connectivity index (χ3n) is 17.3. The summed E-state index contributed by atoms with van der Waals surface area (Å²) in [5, 5.41) is 2.83. The lowest BCUT2D eigenvalue weighted by atomic mass is 9.44. The fourth-order valence-corrected chi connectivity index (χ4v) is 15.8. The zero-order valence-corrected chi connectivity index (χ0v) is 31.1. The van der Waals surface area contributed by atoms with Gasteiger partial charge in [-0.25, -0.2) is 0 Å². The Morgan fingerprint density at radius 1 is 0.491 bits per heavy atom. The standard InChI is InChI=1S/C50H54N2O/c1-2-9-29(10-3-1)32-13-6-14-35(25-32)51-42-18-5-4-15-36(42)39-26-33(19-22-43(39)51)34-27-40-37-16-7-11-30-20-23-44-49(46(30)37)52-48(40)41(28-34)38-17-8-12-31-21-24-45(53-44)50(52)47(31)38/h1-6,9-10,13-15,18-19,22,25-26,30-31,34,37-38,40-41,44-50H,7-8,11-12,16-17,20-21,23-24,27-28H2. The lowest BCUT2D eigenvalue weighted by molar-refractivity contribution is -0.304. The molecule has 53 heavy (non-hydrogen) atoms. The molecule has 0 N–H and O–H groups in total. The summed E-state index contributed by atoms with van der Waals surface area (Å²) < 4.78 is 9.85. The average molecular weight is 699 g/mol. The van der Waals surface area contributed by atoms with Crippen LogP contribution in [0.15, 0.2) is 97.1 Å². The second-order valence-corrected chi connectivity index (χ2v) is 19.2. The first kappa shape index (κ1) is 30.9. The van der Waals surface area contributed by atoms with E-state index in [2.05, 4.69) is 107 Å². The topological polar surface area (TPSA) is 17.4 Å². The van der Waals surface area contributed by atoms with Gasteiger partial charge in [0.25, 0.3) is 0 Å². The summed E-state index contributed by atoms with van der Waals surface area (Å²) in [7, 11) is 0. The van der Waals surface area contributed by atoms with E-state index in [1.54, 1.807) is 5.56 Å². The molecule has 270 valence electrons. The summed E-state index contributed by atoms with van der Waals surface area (Å²) >= 11 is 0. The molecule has 0 radical (unpaired) electrons. The molecule has 1 aromatic heterocycles. The van der Waals surface area contributed by atoms with Gasteiger partial charge in [0, 0.05) is 34.6 Å². The number of hydrogen-bond donors (Lipinski definition) is 0. The zero-order valence-electron chi connectivity index (χ0n) is 31.1. The van der Waals surface area contributed by atoms with Gasteiger partial charge in [0.15, 0.2) is 0 Å². The smallest absolute Gasteiger partial charge is 0.0738 e. The molecule has 5 aromatic rings. The van der Waals surface area contributed by atoms with Crippen LogP contribution in [0.5, 0.6) is 0 Å². The van der Waals surface area contributed by atoms with Crippen LogP contribution in [0.1, 0.15) is 88.5 Å². The molecule has 3 heteroatoms. The number of benzene rings is 4. The van der Waals surface area contributed by atoms with Crippen molar-refractivity contribution in [2.45, 2.75) is 113 Å². The molecule has 0 amide bonds. The first-order valence-corrected chi connectivity index (χ1v) is 21.9. The molecule has 3 aliphatic heterocycles. The Morgan fingerprint density at radius 3 is 1.89 bits per heavy atom. The van der Waals surface area contributed by atoms with E-state index in [-0.39, 0.29) is 0 Å². The van der Waals surface area contributed by atoms with Crippen LogP contribution in [0.25, 0.3) is 38.6 Å².